The first kappa shape index (κ1) is 12.4. The smallest absolute Gasteiger partial charge is 0.302 e. The molecule has 12 heavy (non-hydrogen) atoms. The minimum atomic E-state index is -5.04. The van der Waals surface area contributed by atoms with Crippen molar-refractivity contribution in [1.82, 2.24) is 0 Å². The predicted molar refractivity (Wildman–Crippen MR) is 35.3 cm³/mol. The van der Waals surface area contributed by atoms with Crippen LogP contribution in [0.15, 0.2) is 0 Å². The average molecular weight is 242 g/mol. The Morgan fingerprint density at radius 3 is 1.33 bits per heavy atom. The van der Waals surface area contributed by atoms with Crippen LogP contribution >= 0.6 is 23.9 Å². The van der Waals surface area contributed by atoms with Gasteiger partial charge in [0.1, 0.15) is 0 Å². The molecule has 0 heterocycles. The fraction of sp³-hybridized carbons (Fsp3) is 0. The Balaban J connectivity index is 4.10. The molecule has 0 unspecified atom stereocenters. The van der Waals surface area contributed by atoms with E-state index in [0.29, 0.717) is 0 Å². The third-order valence-electron chi connectivity index (χ3n) is 0.387. The van der Waals surface area contributed by atoms with Crippen molar-refractivity contribution in [2.24, 2.45) is 0 Å². The highest BCUT2D eigenvalue weighted by Crippen LogP contribution is 2.55. The van der Waals surface area contributed by atoms with Gasteiger partial charge >= 0.3 is 23.9 Å². The van der Waals surface area contributed by atoms with E-state index in [-0.39, 0.29) is 0 Å². The molecular formula is H5O9P3. The predicted octanol–water partition coefficient (Wildman–Crippen LogP) is -0.405. The van der Waals surface area contributed by atoms with Gasteiger partial charge in [0.2, 0.25) is 0 Å². The lowest BCUT2D eigenvalue weighted by molar-refractivity contribution is 0.251. The molecule has 12 heteroatoms. The van der Waals surface area contributed by atoms with Crippen LogP contribution < -0.4 is 0 Å². The summed E-state index contributed by atoms with van der Waals surface area (Å²) in [6.07, 6.45) is 0. The highest BCUT2D eigenvalue weighted by atomic mass is 31.3. The minimum absolute atomic E-state index is 3.31. The molecule has 0 saturated heterocycles. The molecule has 0 aliphatic rings. The summed E-state index contributed by atoms with van der Waals surface area (Å²) >= 11 is 0. The van der Waals surface area contributed by atoms with E-state index in [9.17, 15) is 13.7 Å². The van der Waals surface area contributed by atoms with Crippen LogP contribution in [-0.2, 0) is 22.3 Å². The molecular weight excluding hydrogens is 237 g/mol. The highest BCUT2D eigenvalue weighted by molar-refractivity contribution is 7.60. The summed E-state index contributed by atoms with van der Waals surface area (Å²) < 4.78 is 36.6. The summed E-state index contributed by atoms with van der Waals surface area (Å²) in [5, 5.41) is 0. The zero-order valence-corrected chi connectivity index (χ0v) is 8.01. The van der Waals surface area contributed by atoms with Gasteiger partial charge < -0.3 is 19.6 Å². The van der Waals surface area contributed by atoms with Gasteiger partial charge in [-0.15, -0.1) is 0 Å². The van der Waals surface area contributed by atoms with Gasteiger partial charge in [-0.3, -0.25) is 4.57 Å². The maximum atomic E-state index is 10.2. The van der Waals surface area contributed by atoms with Gasteiger partial charge in [0, 0.05) is 0 Å². The largest absolute Gasteiger partial charge is 0.476 e. The zero-order valence-electron chi connectivity index (χ0n) is 5.22. The van der Waals surface area contributed by atoms with Crippen molar-refractivity contribution in [3.8, 4) is 0 Å². The average Bonchev–Trinajstić information content (AvgIpc) is 1.49. The fourth-order valence-corrected chi connectivity index (χ4v) is 2.20. The molecule has 0 fully saturated rings. The number of phosphoric acid groups is 2. The normalized spacial score (nSPS) is 13.8. The van der Waals surface area contributed by atoms with E-state index >= 15 is 0 Å². The first-order valence-corrected chi connectivity index (χ1v) is 6.43. The van der Waals surface area contributed by atoms with Gasteiger partial charge in [-0.2, -0.15) is 0 Å². The van der Waals surface area contributed by atoms with Gasteiger partial charge in [-0.25, -0.2) is 17.8 Å². The monoisotopic (exact) mass is 242 g/mol. The topological polar surface area (TPSA) is 151 Å². The van der Waals surface area contributed by atoms with Crippen LogP contribution in [0.2, 0.25) is 0 Å². The Kier molecular flexibility index (Phi) is 4.26. The van der Waals surface area contributed by atoms with Crippen LogP contribution in [-0.4, -0.2) is 19.6 Å². The summed E-state index contributed by atoms with van der Waals surface area (Å²) in [5.74, 6) is 0. The molecule has 0 amide bonds. The Hall–Kier alpha value is 0.450. The van der Waals surface area contributed by atoms with E-state index in [1.807, 2.05) is 0 Å². The molecule has 0 aromatic rings. The second-order valence-corrected chi connectivity index (χ2v) is 5.34. The molecule has 9 nitrogen and oxygen atoms in total. The number of hydrogen-bond donors (Lipinski definition) is 4. The summed E-state index contributed by atoms with van der Waals surface area (Å²) in [6.45, 7) is 0. The molecule has 0 saturated carbocycles. The second-order valence-electron chi connectivity index (χ2n) is 1.41. The third-order valence-corrected chi connectivity index (χ3v) is 3.48. The summed E-state index contributed by atoms with van der Waals surface area (Å²) in [6, 6.07) is 0. The molecule has 74 valence electrons. The van der Waals surface area contributed by atoms with Crippen LogP contribution in [0.25, 0.3) is 0 Å². The molecule has 0 spiro atoms. The molecule has 0 aromatic heterocycles. The van der Waals surface area contributed by atoms with E-state index < -0.39 is 23.9 Å². The van der Waals surface area contributed by atoms with Crippen molar-refractivity contribution < 1.29 is 41.9 Å². The molecule has 0 aliphatic heterocycles. The van der Waals surface area contributed by atoms with Crippen LogP contribution in [0.5, 0.6) is 0 Å². The molecule has 0 rings (SSSR count). The van der Waals surface area contributed by atoms with Gasteiger partial charge in [-0.1, -0.05) is 0 Å². The Morgan fingerprint density at radius 2 is 1.17 bits per heavy atom. The molecule has 0 aliphatic carbocycles. The lowest BCUT2D eigenvalue weighted by Crippen LogP contribution is -1.82. The second kappa shape index (κ2) is 4.11. The van der Waals surface area contributed by atoms with Crippen molar-refractivity contribution in [2.45, 2.75) is 0 Å². The van der Waals surface area contributed by atoms with Crippen LogP contribution in [0, 0.1) is 0 Å². The third kappa shape index (κ3) is 8.55. The summed E-state index contributed by atoms with van der Waals surface area (Å²) in [7, 11) is -14.0. The first-order valence-electron chi connectivity index (χ1n) is 2.14. The molecule has 0 bridgehead atoms. The molecule has 0 atom stereocenters. The Morgan fingerprint density at radius 1 is 0.917 bits per heavy atom. The quantitative estimate of drug-likeness (QED) is 0.482. The van der Waals surface area contributed by atoms with Crippen molar-refractivity contribution in [3.63, 3.8) is 0 Å². The van der Waals surface area contributed by atoms with Crippen molar-refractivity contribution >= 4 is 23.9 Å². The van der Waals surface area contributed by atoms with Gasteiger partial charge in [-0.05, 0) is 0 Å². The van der Waals surface area contributed by atoms with E-state index in [4.69, 9.17) is 19.6 Å². The number of rotatable bonds is 4. The summed E-state index contributed by atoms with van der Waals surface area (Å²) in [4.78, 5) is 31.9. The van der Waals surface area contributed by atoms with Crippen LogP contribution in [0.3, 0.4) is 0 Å². The zero-order chi connectivity index (χ0) is 9.99. The molecule has 0 radical (unpaired) electrons. The van der Waals surface area contributed by atoms with Gasteiger partial charge in [0.05, 0.1) is 0 Å². The molecule has 4 N–H and O–H groups in total. The van der Waals surface area contributed by atoms with E-state index in [1.54, 1.807) is 0 Å². The van der Waals surface area contributed by atoms with E-state index in [2.05, 4.69) is 8.62 Å². The maximum absolute atomic E-state index is 10.2. The van der Waals surface area contributed by atoms with E-state index in [0.717, 1.165) is 0 Å². The maximum Gasteiger partial charge on any atom is 0.476 e. The fourth-order valence-electron chi connectivity index (χ4n) is 0.211. The SMILES string of the molecule is O=[PH](OP(=O)(O)O)OP(=O)(O)O. The Bertz CT molecular complexity index is 225. The van der Waals surface area contributed by atoms with E-state index in [1.165, 1.54) is 0 Å². The highest BCUT2D eigenvalue weighted by Gasteiger charge is 2.25. The van der Waals surface area contributed by atoms with Crippen LogP contribution in [0.4, 0.5) is 0 Å². The number of hydrogen-bond acceptors (Lipinski definition) is 5. The van der Waals surface area contributed by atoms with Gasteiger partial charge in [0.15, 0.2) is 0 Å². The Labute approximate surface area is 66.8 Å². The van der Waals surface area contributed by atoms with Gasteiger partial charge in [0.25, 0.3) is 0 Å². The minimum Gasteiger partial charge on any atom is -0.302 e. The molecule has 0 aromatic carbocycles. The first-order chi connectivity index (χ1) is 5.10. The lowest BCUT2D eigenvalue weighted by atomic mass is 15.7. The lowest BCUT2D eigenvalue weighted by Gasteiger charge is -2.05. The summed E-state index contributed by atoms with van der Waals surface area (Å²) in [5.41, 5.74) is 0. The van der Waals surface area contributed by atoms with Crippen molar-refractivity contribution in [2.75, 3.05) is 0 Å². The standard InChI is InChI=1S/H5O9P3/c1-10(8-11(2,3)4)9-12(5,6)7/h10H,(H2,2,3,4)(H2,5,6,7). The van der Waals surface area contributed by atoms with Crippen molar-refractivity contribution in [1.29, 1.82) is 0 Å². The van der Waals surface area contributed by atoms with Crippen molar-refractivity contribution in [3.05, 3.63) is 0 Å². The van der Waals surface area contributed by atoms with Crippen LogP contribution in [0.1, 0.15) is 0 Å².